The minimum atomic E-state index is 0. The quantitative estimate of drug-likeness (QED) is 0.455. The molecule has 0 atom stereocenters. The summed E-state index contributed by atoms with van der Waals surface area (Å²) in [5.74, 6) is 0. The van der Waals surface area contributed by atoms with Crippen molar-refractivity contribution in [2.24, 2.45) is 0 Å². The van der Waals surface area contributed by atoms with Crippen LogP contribution in [0.4, 0.5) is 5.69 Å². The number of nitrogens with zero attached hydrogens (tertiary/aromatic N) is 2. The molecule has 3 heteroatoms. The molecule has 0 amide bonds. The Morgan fingerprint density at radius 2 is 1.83 bits per heavy atom. The monoisotopic (exact) mass is 476 g/mol. The van der Waals surface area contributed by atoms with Crippen LogP contribution in [-0.4, -0.2) is 4.98 Å². The number of pyridine rings is 1. The van der Waals surface area contributed by atoms with Crippen molar-refractivity contribution >= 4 is 5.69 Å². The number of aromatic nitrogens is 1. The molecule has 115 valence electrons. The summed E-state index contributed by atoms with van der Waals surface area (Å²) in [4.78, 5) is 8.22. The van der Waals surface area contributed by atoms with E-state index in [1.165, 1.54) is 0 Å². The smallest absolute Gasteiger partial charge is 0.187 e. The maximum absolute atomic E-state index is 7.18. The van der Waals surface area contributed by atoms with Crippen molar-refractivity contribution < 1.29 is 20.1 Å². The Labute approximate surface area is 150 Å². The van der Waals surface area contributed by atoms with Gasteiger partial charge in [0.25, 0.3) is 0 Å². The second-order valence-electron chi connectivity index (χ2n) is 5.22. The van der Waals surface area contributed by atoms with Gasteiger partial charge in [-0.3, -0.25) is 0 Å². The second kappa shape index (κ2) is 7.33. The fourth-order valence-corrected chi connectivity index (χ4v) is 2.52. The molecule has 2 nitrogen and oxygen atoms in total. The number of aryl methyl sites for hydroxylation is 2. The third-order valence-electron chi connectivity index (χ3n) is 3.71. The molecular formula is C20H15IrN2-. The van der Waals surface area contributed by atoms with E-state index in [-0.39, 0.29) is 20.1 Å². The Morgan fingerprint density at radius 3 is 2.48 bits per heavy atom. The minimum Gasteiger partial charge on any atom is -0.301 e. The molecule has 0 aliphatic heterocycles. The van der Waals surface area contributed by atoms with Gasteiger partial charge in [-0.15, -0.1) is 35.9 Å². The average Bonchev–Trinajstić information content (AvgIpc) is 2.56. The zero-order valence-electron chi connectivity index (χ0n) is 12.9. The van der Waals surface area contributed by atoms with Gasteiger partial charge < -0.3 is 4.98 Å². The first-order valence-electron chi connectivity index (χ1n) is 7.12. The van der Waals surface area contributed by atoms with Crippen molar-refractivity contribution in [2.75, 3.05) is 0 Å². The molecule has 0 saturated heterocycles. The number of hydrogen-bond donors (Lipinski definition) is 0. The Morgan fingerprint density at radius 1 is 1.00 bits per heavy atom. The van der Waals surface area contributed by atoms with Gasteiger partial charge in [0.15, 0.2) is 5.69 Å². The van der Waals surface area contributed by atoms with Gasteiger partial charge in [-0.05, 0) is 36.7 Å². The molecule has 0 aliphatic rings. The van der Waals surface area contributed by atoms with Gasteiger partial charge in [0.05, 0.1) is 6.57 Å². The van der Waals surface area contributed by atoms with Gasteiger partial charge in [-0.25, -0.2) is 4.85 Å². The van der Waals surface area contributed by atoms with E-state index < -0.39 is 0 Å². The van der Waals surface area contributed by atoms with E-state index in [1.807, 2.05) is 55.5 Å². The Kier molecular flexibility index (Phi) is 5.45. The molecule has 23 heavy (non-hydrogen) atoms. The predicted molar refractivity (Wildman–Crippen MR) is 89.7 cm³/mol. The molecule has 0 fully saturated rings. The van der Waals surface area contributed by atoms with Crippen LogP contribution in [0, 0.1) is 26.5 Å². The normalized spacial score (nSPS) is 9.78. The summed E-state index contributed by atoms with van der Waals surface area (Å²) < 4.78 is 0. The molecule has 3 aromatic rings. The molecule has 1 aromatic heterocycles. The van der Waals surface area contributed by atoms with Crippen molar-refractivity contribution in [1.29, 1.82) is 0 Å². The summed E-state index contributed by atoms with van der Waals surface area (Å²) >= 11 is 0. The largest absolute Gasteiger partial charge is 0.301 e. The first-order chi connectivity index (χ1) is 10.7. The standard InChI is InChI=1S/C20H15N2.Ir/c1-14-9-10-17(21-3)13-19(14)18-11-12-20(22-15(18)2)16-7-5-4-6-8-16;/h4-7,9-13H,1-2H3;/q-1;. The van der Waals surface area contributed by atoms with Gasteiger partial charge in [0, 0.05) is 31.4 Å². The summed E-state index contributed by atoms with van der Waals surface area (Å²) in [5.41, 5.74) is 6.81. The molecule has 1 radical (unpaired) electrons. The van der Waals surface area contributed by atoms with Gasteiger partial charge in [-0.2, -0.15) is 0 Å². The summed E-state index contributed by atoms with van der Waals surface area (Å²) in [7, 11) is 0. The van der Waals surface area contributed by atoms with E-state index in [9.17, 15) is 0 Å². The summed E-state index contributed by atoms with van der Waals surface area (Å²) in [6, 6.07) is 20.9. The molecule has 0 bridgehead atoms. The van der Waals surface area contributed by atoms with Crippen LogP contribution in [0.15, 0.2) is 54.6 Å². The Balaban J connectivity index is 0.00000192. The summed E-state index contributed by atoms with van der Waals surface area (Å²) in [6.45, 7) is 11.2. The van der Waals surface area contributed by atoms with Crippen LogP contribution in [0.25, 0.3) is 27.2 Å². The van der Waals surface area contributed by atoms with Crippen LogP contribution in [0.3, 0.4) is 0 Å². The maximum atomic E-state index is 7.18. The number of rotatable bonds is 2. The topological polar surface area (TPSA) is 17.2 Å². The van der Waals surface area contributed by atoms with Crippen LogP contribution in [-0.2, 0) is 20.1 Å². The number of benzene rings is 2. The van der Waals surface area contributed by atoms with Crippen LogP contribution < -0.4 is 0 Å². The van der Waals surface area contributed by atoms with Crippen molar-refractivity contribution in [2.45, 2.75) is 13.8 Å². The second-order valence-corrected chi connectivity index (χ2v) is 5.22. The zero-order valence-corrected chi connectivity index (χ0v) is 15.3. The van der Waals surface area contributed by atoms with Gasteiger partial charge in [0.2, 0.25) is 0 Å². The maximum Gasteiger partial charge on any atom is 0.187 e. The van der Waals surface area contributed by atoms with Crippen molar-refractivity contribution in [3.63, 3.8) is 0 Å². The third-order valence-corrected chi connectivity index (χ3v) is 3.71. The minimum absolute atomic E-state index is 0. The third kappa shape index (κ3) is 3.56. The Hall–Kier alpha value is -2.27. The van der Waals surface area contributed by atoms with Gasteiger partial charge in [-0.1, -0.05) is 24.3 Å². The SMILES string of the molecule is [C-]#[N+]c1ccc(C)c(-c2ccc(-c3[c-]cccc3)nc2C)c1.[Ir]. The van der Waals surface area contributed by atoms with E-state index >= 15 is 0 Å². The van der Waals surface area contributed by atoms with Crippen LogP contribution in [0.1, 0.15) is 11.3 Å². The summed E-state index contributed by atoms with van der Waals surface area (Å²) in [5, 5.41) is 0. The molecular weight excluding hydrogens is 460 g/mol. The van der Waals surface area contributed by atoms with E-state index in [0.717, 1.165) is 33.6 Å². The average molecular weight is 476 g/mol. The van der Waals surface area contributed by atoms with Crippen molar-refractivity contribution in [3.05, 3.63) is 83.3 Å². The predicted octanol–water partition coefficient (Wildman–Crippen LogP) is 5.38. The fourth-order valence-electron chi connectivity index (χ4n) is 2.52. The van der Waals surface area contributed by atoms with E-state index in [4.69, 9.17) is 11.6 Å². The first kappa shape index (κ1) is 17.1. The first-order valence-corrected chi connectivity index (χ1v) is 7.12. The van der Waals surface area contributed by atoms with E-state index in [1.54, 1.807) is 0 Å². The van der Waals surface area contributed by atoms with Crippen molar-refractivity contribution in [1.82, 2.24) is 4.98 Å². The van der Waals surface area contributed by atoms with Crippen molar-refractivity contribution in [3.8, 4) is 22.4 Å². The fraction of sp³-hybridized carbons (Fsp3) is 0.100. The van der Waals surface area contributed by atoms with E-state index in [0.29, 0.717) is 5.69 Å². The van der Waals surface area contributed by atoms with Gasteiger partial charge in [0.1, 0.15) is 0 Å². The van der Waals surface area contributed by atoms with Gasteiger partial charge >= 0.3 is 0 Å². The van der Waals surface area contributed by atoms with Crippen LogP contribution in [0.5, 0.6) is 0 Å². The van der Waals surface area contributed by atoms with Crippen LogP contribution >= 0.6 is 0 Å². The number of hydrogen-bond acceptors (Lipinski definition) is 1. The molecule has 0 spiro atoms. The molecule has 0 N–H and O–H groups in total. The molecule has 0 aliphatic carbocycles. The molecule has 0 saturated carbocycles. The van der Waals surface area contributed by atoms with E-state index in [2.05, 4.69) is 23.9 Å². The summed E-state index contributed by atoms with van der Waals surface area (Å²) in [6.07, 6.45) is 0. The Bertz CT molecular complexity index is 865. The molecule has 3 rings (SSSR count). The zero-order chi connectivity index (χ0) is 15.5. The molecule has 0 unspecified atom stereocenters. The molecule has 2 aromatic carbocycles. The van der Waals surface area contributed by atoms with Crippen LogP contribution in [0.2, 0.25) is 0 Å². The molecule has 1 heterocycles.